The summed E-state index contributed by atoms with van der Waals surface area (Å²) in [7, 11) is 2.08. The predicted octanol–water partition coefficient (Wildman–Crippen LogP) is 12.4. The second kappa shape index (κ2) is 30.8. The van der Waals surface area contributed by atoms with Crippen molar-refractivity contribution in [2.45, 2.75) is 232 Å². The molecule has 0 aliphatic carbocycles. The number of unbranched alkanes of at least 4 members (excludes halogenated alkanes) is 28. The molecule has 2 unspecified atom stereocenters. The third-order valence-corrected chi connectivity index (χ3v) is 10.8. The molecule has 47 heavy (non-hydrogen) atoms. The number of hydrogen-bond donors (Lipinski definition) is 1. The summed E-state index contributed by atoms with van der Waals surface area (Å²) in [5.74, 6) is 0.978. The van der Waals surface area contributed by atoms with E-state index in [0.717, 1.165) is 32.2 Å². The van der Waals surface area contributed by atoms with Crippen LogP contribution in [0.1, 0.15) is 226 Å². The number of carbonyl (C=O) groups excluding carboxylic acids is 2. The second-order valence-corrected chi connectivity index (χ2v) is 15.3. The fourth-order valence-corrected chi connectivity index (χ4v) is 7.25. The highest BCUT2D eigenvalue weighted by atomic mass is 16.2. The van der Waals surface area contributed by atoms with Crippen molar-refractivity contribution in [3.63, 3.8) is 0 Å². The molecule has 5 nitrogen and oxygen atoms in total. The van der Waals surface area contributed by atoms with Gasteiger partial charge in [-0.1, -0.05) is 194 Å². The van der Waals surface area contributed by atoms with E-state index in [1.807, 2.05) is 6.92 Å². The Balaban J connectivity index is 2.05. The smallest absolute Gasteiger partial charge is 0.268 e. The number of ketones is 1. The third-order valence-electron chi connectivity index (χ3n) is 10.8. The van der Waals surface area contributed by atoms with Gasteiger partial charge in [-0.3, -0.25) is 14.1 Å². The molecular formula is C42H82N3O2+. The predicted molar refractivity (Wildman–Crippen MR) is 205 cm³/mol. The van der Waals surface area contributed by atoms with Gasteiger partial charge in [0, 0.05) is 19.8 Å². The Labute approximate surface area is 293 Å². The molecule has 0 spiro atoms. The minimum Gasteiger partial charge on any atom is -0.307 e. The molecule has 1 heterocycles. The van der Waals surface area contributed by atoms with Crippen molar-refractivity contribution < 1.29 is 14.1 Å². The average molecular weight is 661 g/mol. The number of carbonyl (C=O) groups is 2. The van der Waals surface area contributed by atoms with Gasteiger partial charge in [0.05, 0.1) is 13.6 Å². The summed E-state index contributed by atoms with van der Waals surface area (Å²) in [5.41, 5.74) is 0. The molecule has 0 aromatic rings. The Kier molecular flexibility index (Phi) is 28.7. The summed E-state index contributed by atoms with van der Waals surface area (Å²) in [4.78, 5) is 30.5. The molecule has 0 bridgehead atoms. The van der Waals surface area contributed by atoms with E-state index < -0.39 is 0 Å². The van der Waals surface area contributed by atoms with Crippen molar-refractivity contribution in [3.05, 3.63) is 0 Å². The van der Waals surface area contributed by atoms with Crippen molar-refractivity contribution in [2.24, 2.45) is 4.99 Å². The molecule has 5 heteroatoms. The summed E-state index contributed by atoms with van der Waals surface area (Å²) in [6.07, 6.45) is 41.0. The lowest BCUT2D eigenvalue weighted by Gasteiger charge is -2.35. The van der Waals surface area contributed by atoms with Gasteiger partial charge in [-0.2, -0.15) is 0 Å². The summed E-state index contributed by atoms with van der Waals surface area (Å²) in [5, 5.41) is 3.22. The zero-order valence-corrected chi connectivity index (χ0v) is 32.3. The van der Waals surface area contributed by atoms with Crippen LogP contribution in [0.4, 0.5) is 0 Å². The Morgan fingerprint density at radius 2 is 0.872 bits per heavy atom. The number of amides is 1. The van der Waals surface area contributed by atoms with E-state index in [-0.39, 0.29) is 17.9 Å². The average Bonchev–Trinajstić information content (AvgIpc) is 3.47. The zero-order chi connectivity index (χ0) is 34.3. The normalized spacial score (nSPS) is 16.8. The third kappa shape index (κ3) is 22.9. The van der Waals surface area contributed by atoms with Crippen LogP contribution in [0.2, 0.25) is 0 Å². The lowest BCUT2D eigenvalue weighted by molar-refractivity contribution is -0.839. The summed E-state index contributed by atoms with van der Waals surface area (Å²) in [6, 6.07) is 0. The van der Waals surface area contributed by atoms with Crippen LogP contribution in [-0.2, 0) is 9.59 Å². The molecule has 0 aromatic carbocycles. The van der Waals surface area contributed by atoms with E-state index in [9.17, 15) is 9.59 Å². The maximum atomic E-state index is 13.2. The molecule has 0 saturated carbocycles. The number of aliphatic imine (C=N–C) groups is 1. The minimum absolute atomic E-state index is 0.118. The SMILES string of the molecule is CCCCCCCCCCCCCCCCCC(=O)NC(C)[N+]1(C)CCN=C1C(=O)CCCCCCCCCCCCCCCCC. The van der Waals surface area contributed by atoms with Gasteiger partial charge in [0.25, 0.3) is 5.84 Å². The van der Waals surface area contributed by atoms with Crippen LogP contribution in [-0.4, -0.2) is 48.3 Å². The highest BCUT2D eigenvalue weighted by molar-refractivity contribution is 6.36. The van der Waals surface area contributed by atoms with Gasteiger partial charge >= 0.3 is 0 Å². The zero-order valence-electron chi connectivity index (χ0n) is 32.3. The fourth-order valence-electron chi connectivity index (χ4n) is 7.25. The molecule has 0 radical (unpaired) electrons. The maximum absolute atomic E-state index is 13.2. The molecule has 1 aliphatic heterocycles. The molecule has 1 rings (SSSR count). The number of rotatable bonds is 35. The Morgan fingerprint density at radius 1 is 0.553 bits per heavy atom. The number of nitrogens with one attached hydrogen (secondary N) is 1. The first-order chi connectivity index (χ1) is 23.0. The lowest BCUT2D eigenvalue weighted by Crippen LogP contribution is -2.62. The van der Waals surface area contributed by atoms with Gasteiger partial charge in [0.2, 0.25) is 11.7 Å². The van der Waals surface area contributed by atoms with E-state index in [4.69, 9.17) is 0 Å². The molecule has 0 fully saturated rings. The van der Waals surface area contributed by atoms with Crippen molar-refractivity contribution in [2.75, 3.05) is 20.1 Å². The summed E-state index contributed by atoms with van der Waals surface area (Å²) < 4.78 is 0.447. The molecule has 2 atom stereocenters. The van der Waals surface area contributed by atoms with Crippen molar-refractivity contribution in [1.82, 2.24) is 5.32 Å². The van der Waals surface area contributed by atoms with Crippen LogP contribution in [0.5, 0.6) is 0 Å². The Morgan fingerprint density at radius 3 is 1.23 bits per heavy atom. The quantitative estimate of drug-likeness (QED) is 0.0543. The Bertz CT molecular complexity index is 782. The lowest BCUT2D eigenvalue weighted by atomic mass is 10.0. The van der Waals surface area contributed by atoms with Crippen LogP contribution >= 0.6 is 0 Å². The number of Topliss-reactive ketones (excluding diaryl/α,β-unsaturated/α-hetero) is 1. The van der Waals surface area contributed by atoms with Gasteiger partial charge in [0.15, 0.2) is 6.17 Å². The van der Waals surface area contributed by atoms with Crippen LogP contribution in [0, 0.1) is 0 Å². The van der Waals surface area contributed by atoms with Crippen LogP contribution in [0.15, 0.2) is 4.99 Å². The first-order valence-corrected chi connectivity index (χ1v) is 21.2. The van der Waals surface area contributed by atoms with Gasteiger partial charge in [-0.25, -0.2) is 4.99 Å². The monoisotopic (exact) mass is 661 g/mol. The highest BCUT2D eigenvalue weighted by Crippen LogP contribution is 2.20. The first kappa shape index (κ1) is 43.8. The molecular weight excluding hydrogens is 578 g/mol. The molecule has 1 aliphatic rings. The van der Waals surface area contributed by atoms with E-state index in [1.165, 1.54) is 167 Å². The molecule has 1 amide bonds. The first-order valence-electron chi connectivity index (χ1n) is 21.2. The standard InChI is InChI=1S/C42H81N3O2/c1-5-7-9-11-13-15-17-19-21-23-25-27-29-31-33-35-40(46)42-43-37-38-45(42,4)39(3)44-41(47)36-34-32-30-28-26-24-22-20-18-16-14-12-10-8-6-2/h39H,5-38H2,1-4H3/p+1. The molecule has 276 valence electrons. The van der Waals surface area contributed by atoms with Gasteiger partial charge in [0.1, 0.15) is 6.54 Å². The summed E-state index contributed by atoms with van der Waals surface area (Å²) >= 11 is 0. The van der Waals surface area contributed by atoms with E-state index in [1.54, 1.807) is 0 Å². The number of nitrogens with zero attached hydrogens (tertiary/aromatic N) is 2. The number of hydrogen-bond acceptors (Lipinski definition) is 3. The number of likely N-dealkylation sites (N-methyl/N-ethyl adjacent to an activating group) is 1. The fraction of sp³-hybridized carbons (Fsp3) is 0.929. The van der Waals surface area contributed by atoms with Crippen LogP contribution in [0.25, 0.3) is 0 Å². The van der Waals surface area contributed by atoms with E-state index >= 15 is 0 Å². The highest BCUT2D eigenvalue weighted by Gasteiger charge is 2.43. The minimum atomic E-state index is -0.120. The van der Waals surface area contributed by atoms with Gasteiger partial charge < -0.3 is 5.32 Å². The summed E-state index contributed by atoms with van der Waals surface area (Å²) in [6.45, 7) is 8.08. The van der Waals surface area contributed by atoms with E-state index in [0.29, 0.717) is 29.7 Å². The van der Waals surface area contributed by atoms with E-state index in [2.05, 4.69) is 31.2 Å². The van der Waals surface area contributed by atoms with Crippen molar-refractivity contribution in [1.29, 1.82) is 0 Å². The van der Waals surface area contributed by atoms with Crippen LogP contribution in [0.3, 0.4) is 0 Å². The topological polar surface area (TPSA) is 58.5 Å². The molecule has 1 N–H and O–H groups in total. The maximum Gasteiger partial charge on any atom is 0.268 e. The van der Waals surface area contributed by atoms with Crippen molar-refractivity contribution in [3.8, 4) is 0 Å². The van der Waals surface area contributed by atoms with Crippen molar-refractivity contribution >= 4 is 17.5 Å². The van der Waals surface area contributed by atoms with Crippen LogP contribution < -0.4 is 5.32 Å². The Hall–Kier alpha value is -1.23. The number of quaternary nitrogens is 1. The second-order valence-electron chi connectivity index (χ2n) is 15.3. The number of amidine groups is 1. The largest absolute Gasteiger partial charge is 0.307 e. The molecule has 0 saturated heterocycles. The molecule has 0 aromatic heterocycles. The van der Waals surface area contributed by atoms with Gasteiger partial charge in [-0.05, 0) is 12.8 Å². The van der Waals surface area contributed by atoms with Gasteiger partial charge in [-0.15, -0.1) is 0 Å².